The van der Waals surface area contributed by atoms with Gasteiger partial charge in [0.25, 0.3) is 0 Å². The molecule has 3 aromatic rings. The molecule has 0 saturated heterocycles. The van der Waals surface area contributed by atoms with E-state index >= 15 is 0 Å². The van der Waals surface area contributed by atoms with Crippen molar-refractivity contribution in [2.24, 2.45) is 0 Å². The Hall–Kier alpha value is -3.17. The average molecular weight is 465 g/mol. The maximum atomic E-state index is 13.2. The Morgan fingerprint density at radius 1 is 0.968 bits per heavy atom. The van der Waals surface area contributed by atoms with Crippen LogP contribution in [-0.2, 0) is 26.0 Å². The third-order valence-electron chi connectivity index (χ3n) is 4.40. The van der Waals surface area contributed by atoms with E-state index in [0.29, 0.717) is 5.02 Å². The number of hydrogen-bond acceptors (Lipinski definition) is 5. The first-order valence-corrected chi connectivity index (χ1v) is 11.0. The van der Waals surface area contributed by atoms with Gasteiger partial charge in [0, 0.05) is 18.1 Å². The molecule has 1 aromatic heterocycles. The maximum absolute atomic E-state index is 13.2. The molecule has 31 heavy (non-hydrogen) atoms. The SMILES string of the molecule is O=C(NCc1ccc(Cl)cc1)C(=O)NCC(c1ccco1)S(=O)(=O)c1ccc(F)cc1. The first-order chi connectivity index (χ1) is 14.8. The number of rotatable bonds is 7. The highest BCUT2D eigenvalue weighted by atomic mass is 35.5. The molecule has 1 heterocycles. The second-order valence-electron chi connectivity index (χ2n) is 6.52. The summed E-state index contributed by atoms with van der Waals surface area (Å²) in [6.07, 6.45) is 1.29. The lowest BCUT2D eigenvalue weighted by atomic mass is 10.2. The molecule has 7 nitrogen and oxygen atoms in total. The van der Waals surface area contributed by atoms with Crippen LogP contribution >= 0.6 is 11.6 Å². The third kappa shape index (κ3) is 5.71. The van der Waals surface area contributed by atoms with Gasteiger partial charge in [-0.05, 0) is 54.1 Å². The highest BCUT2D eigenvalue weighted by Crippen LogP contribution is 2.29. The third-order valence-corrected chi connectivity index (χ3v) is 6.73. The second-order valence-corrected chi connectivity index (χ2v) is 9.09. The van der Waals surface area contributed by atoms with E-state index in [1.54, 1.807) is 24.3 Å². The zero-order chi connectivity index (χ0) is 22.4. The number of benzene rings is 2. The zero-order valence-corrected chi connectivity index (χ0v) is 17.6. The van der Waals surface area contributed by atoms with Gasteiger partial charge in [-0.1, -0.05) is 23.7 Å². The molecule has 0 aliphatic carbocycles. The molecular weight excluding hydrogens is 447 g/mol. The van der Waals surface area contributed by atoms with E-state index in [1.165, 1.54) is 18.4 Å². The van der Waals surface area contributed by atoms with Crippen LogP contribution in [0.4, 0.5) is 4.39 Å². The smallest absolute Gasteiger partial charge is 0.309 e. The summed E-state index contributed by atoms with van der Waals surface area (Å²) in [5, 5.41) is 4.00. The Balaban J connectivity index is 1.68. The van der Waals surface area contributed by atoms with Crippen molar-refractivity contribution in [1.82, 2.24) is 10.6 Å². The minimum absolute atomic E-state index is 0.0752. The topological polar surface area (TPSA) is 105 Å². The Bertz CT molecular complexity index is 1150. The fourth-order valence-electron chi connectivity index (χ4n) is 2.76. The van der Waals surface area contributed by atoms with Crippen molar-refractivity contribution in [3.8, 4) is 0 Å². The minimum atomic E-state index is -4.04. The number of amides is 2. The monoisotopic (exact) mass is 464 g/mol. The average Bonchev–Trinajstić information content (AvgIpc) is 3.27. The van der Waals surface area contributed by atoms with Gasteiger partial charge >= 0.3 is 11.8 Å². The molecule has 0 aliphatic rings. The first-order valence-electron chi connectivity index (χ1n) is 9.10. The molecule has 2 amide bonds. The molecular formula is C21H18ClFN2O5S. The maximum Gasteiger partial charge on any atom is 0.309 e. The predicted molar refractivity (Wildman–Crippen MR) is 111 cm³/mol. The van der Waals surface area contributed by atoms with E-state index in [2.05, 4.69) is 10.6 Å². The molecule has 3 rings (SSSR count). The molecule has 0 spiro atoms. The van der Waals surface area contributed by atoms with Crippen LogP contribution in [0.25, 0.3) is 0 Å². The number of carbonyl (C=O) groups excluding carboxylic acids is 2. The molecule has 0 fully saturated rings. The molecule has 2 aromatic carbocycles. The van der Waals surface area contributed by atoms with Gasteiger partial charge in [-0.3, -0.25) is 9.59 Å². The fraction of sp³-hybridized carbons (Fsp3) is 0.143. The van der Waals surface area contributed by atoms with E-state index < -0.39 is 39.3 Å². The van der Waals surface area contributed by atoms with E-state index in [1.807, 2.05) is 0 Å². The number of carbonyl (C=O) groups is 2. The Kier molecular flexibility index (Phi) is 7.09. The van der Waals surface area contributed by atoms with Crippen LogP contribution in [0.3, 0.4) is 0 Å². The van der Waals surface area contributed by atoms with E-state index in [9.17, 15) is 22.4 Å². The van der Waals surface area contributed by atoms with Crippen LogP contribution in [0.1, 0.15) is 16.6 Å². The van der Waals surface area contributed by atoms with Crippen LogP contribution in [0, 0.1) is 5.82 Å². The molecule has 0 aliphatic heterocycles. The number of halogens is 2. The first kappa shape index (κ1) is 22.5. The predicted octanol–water partition coefficient (Wildman–Crippen LogP) is 3.02. The number of hydrogen-bond donors (Lipinski definition) is 2. The van der Waals surface area contributed by atoms with Crippen molar-refractivity contribution in [1.29, 1.82) is 0 Å². The van der Waals surface area contributed by atoms with E-state index in [-0.39, 0.29) is 17.2 Å². The van der Waals surface area contributed by atoms with Gasteiger partial charge < -0.3 is 15.1 Å². The molecule has 1 unspecified atom stereocenters. The molecule has 2 N–H and O–H groups in total. The summed E-state index contributed by atoms with van der Waals surface area (Å²) < 4.78 is 44.4. The quantitative estimate of drug-likeness (QED) is 0.413. The number of nitrogens with one attached hydrogen (secondary N) is 2. The highest BCUT2D eigenvalue weighted by Gasteiger charge is 2.32. The molecule has 0 saturated carbocycles. The van der Waals surface area contributed by atoms with Crippen molar-refractivity contribution in [2.45, 2.75) is 16.7 Å². The standard InChI is InChI=1S/C21H18ClFN2O5S/c22-15-5-3-14(4-6-15)12-24-20(26)21(27)25-13-19(18-2-1-11-30-18)31(28,29)17-9-7-16(23)8-10-17/h1-11,19H,12-13H2,(H,24,26)(H,25,27). The summed E-state index contributed by atoms with van der Waals surface area (Å²) in [5.74, 6) is -2.43. The van der Waals surface area contributed by atoms with Crippen LogP contribution in [-0.4, -0.2) is 26.8 Å². The largest absolute Gasteiger partial charge is 0.468 e. The van der Waals surface area contributed by atoms with Gasteiger partial charge in [0.2, 0.25) is 0 Å². The summed E-state index contributed by atoms with van der Waals surface area (Å²) in [7, 11) is -4.04. The van der Waals surface area contributed by atoms with Crippen LogP contribution in [0.2, 0.25) is 5.02 Å². The Morgan fingerprint density at radius 3 is 2.23 bits per heavy atom. The van der Waals surface area contributed by atoms with Gasteiger partial charge in [-0.25, -0.2) is 12.8 Å². The summed E-state index contributed by atoms with van der Waals surface area (Å²) in [6.45, 7) is -0.320. The van der Waals surface area contributed by atoms with Crippen molar-refractivity contribution in [2.75, 3.05) is 6.54 Å². The van der Waals surface area contributed by atoms with Crippen molar-refractivity contribution < 1.29 is 26.8 Å². The van der Waals surface area contributed by atoms with Crippen LogP contribution in [0.5, 0.6) is 0 Å². The summed E-state index contributed by atoms with van der Waals surface area (Å²) in [4.78, 5) is 24.1. The summed E-state index contributed by atoms with van der Waals surface area (Å²) >= 11 is 5.80. The van der Waals surface area contributed by atoms with Gasteiger partial charge in [0.05, 0.1) is 11.2 Å². The van der Waals surface area contributed by atoms with Gasteiger partial charge in [0.15, 0.2) is 9.84 Å². The second kappa shape index (κ2) is 9.76. The molecule has 162 valence electrons. The lowest BCUT2D eigenvalue weighted by Crippen LogP contribution is -2.42. The number of furan rings is 1. The van der Waals surface area contributed by atoms with Crippen LogP contribution < -0.4 is 10.6 Å². The van der Waals surface area contributed by atoms with Gasteiger partial charge in [0.1, 0.15) is 16.8 Å². The minimum Gasteiger partial charge on any atom is -0.468 e. The van der Waals surface area contributed by atoms with Crippen LogP contribution in [0.15, 0.2) is 76.2 Å². The summed E-state index contributed by atoms with van der Waals surface area (Å²) in [5.41, 5.74) is 0.734. The lowest BCUT2D eigenvalue weighted by Gasteiger charge is -2.16. The zero-order valence-electron chi connectivity index (χ0n) is 16.0. The fourth-order valence-corrected chi connectivity index (χ4v) is 4.47. The van der Waals surface area contributed by atoms with Crippen molar-refractivity contribution >= 4 is 33.3 Å². The lowest BCUT2D eigenvalue weighted by molar-refractivity contribution is -0.139. The van der Waals surface area contributed by atoms with Crippen molar-refractivity contribution in [3.05, 3.63) is 89.1 Å². The molecule has 10 heteroatoms. The van der Waals surface area contributed by atoms with E-state index in [0.717, 1.165) is 29.8 Å². The van der Waals surface area contributed by atoms with Gasteiger partial charge in [-0.2, -0.15) is 0 Å². The normalized spacial score (nSPS) is 12.2. The Morgan fingerprint density at radius 2 is 1.61 bits per heavy atom. The highest BCUT2D eigenvalue weighted by molar-refractivity contribution is 7.91. The Labute approximate surface area is 183 Å². The number of sulfone groups is 1. The molecule has 0 radical (unpaired) electrons. The molecule has 1 atom stereocenters. The van der Waals surface area contributed by atoms with Gasteiger partial charge in [-0.15, -0.1) is 0 Å². The van der Waals surface area contributed by atoms with Crippen molar-refractivity contribution in [3.63, 3.8) is 0 Å². The molecule has 0 bridgehead atoms. The summed E-state index contributed by atoms with van der Waals surface area (Å²) in [6, 6.07) is 13.9. The van der Waals surface area contributed by atoms with E-state index in [4.69, 9.17) is 16.0 Å².